The van der Waals surface area contributed by atoms with E-state index in [1.807, 2.05) is 31.2 Å². The first-order chi connectivity index (χ1) is 26.7. The zero-order valence-electron chi connectivity index (χ0n) is 31.7. The molecule has 1 amide bonds. The van der Waals surface area contributed by atoms with E-state index >= 15 is 0 Å². The third-order valence-corrected chi connectivity index (χ3v) is 13.0. The number of nitrogens with two attached hydrogens (primary N) is 1. The van der Waals surface area contributed by atoms with E-state index in [2.05, 4.69) is 26.3 Å². The highest BCUT2D eigenvalue weighted by Gasteiger charge is 2.56. The van der Waals surface area contributed by atoms with Crippen molar-refractivity contribution in [2.75, 3.05) is 25.5 Å². The molecule has 2 bridgehead atoms. The molecule has 2 aromatic carbocycles. The normalized spacial score (nSPS) is 20.5. The Bertz CT molecular complexity index is 2550. The Morgan fingerprint density at radius 1 is 1.02 bits per heavy atom. The van der Waals surface area contributed by atoms with Gasteiger partial charge in [-0.2, -0.15) is 0 Å². The Morgan fingerprint density at radius 2 is 1.73 bits per heavy atom. The van der Waals surface area contributed by atoms with Crippen LogP contribution in [0.2, 0.25) is 5.02 Å². The SMILES string of the molecule is COc1nc(-c2cccc(-c3cccc(Nc4nc(C(F)F)nc5c4c(=O)n(C)c(=O)n5C)c3C)c2Cl)cc2c1CCN(CCC13CCC(C(N)=O)(CC1)C3)C2. The third kappa shape index (κ3) is 6.23. The summed E-state index contributed by atoms with van der Waals surface area (Å²) in [5, 5.41) is 3.45. The molecule has 2 saturated carbocycles. The number of nitrogens with zero attached hydrogens (tertiary/aromatic N) is 6. The summed E-state index contributed by atoms with van der Waals surface area (Å²) in [4.78, 5) is 53.4. The van der Waals surface area contributed by atoms with Gasteiger partial charge in [0.2, 0.25) is 11.8 Å². The van der Waals surface area contributed by atoms with Crippen molar-refractivity contribution in [1.29, 1.82) is 0 Å². The number of rotatable bonds is 10. The van der Waals surface area contributed by atoms with Crippen molar-refractivity contribution in [3.8, 4) is 28.3 Å². The van der Waals surface area contributed by atoms with E-state index < -0.39 is 23.5 Å². The summed E-state index contributed by atoms with van der Waals surface area (Å²) in [7, 11) is 4.30. The minimum Gasteiger partial charge on any atom is -0.481 e. The van der Waals surface area contributed by atoms with Crippen LogP contribution in [-0.4, -0.2) is 55.1 Å². The number of ether oxygens (including phenoxy) is 1. The largest absolute Gasteiger partial charge is 0.481 e. The standard InChI is InChI=1S/C41H43ClF2N8O4/c1-22-24(7-6-10-28(22)46-33-30-35(49-34(48-33)32(43)44)50(2)39(55)51(3)37(30)53)26-8-5-9-27(31(26)42)29-19-23-20-52(17-11-25(23)36(47-29)56-4)18-16-40-12-14-41(21-40,15-13-40)38(45)54/h5-10,19,32H,11-18,20-21H2,1-4H3,(H2,45,54)(H,46,48,49). The maximum Gasteiger partial charge on any atom is 0.332 e. The molecular formula is C41H43ClF2N8O4. The fourth-order valence-electron chi connectivity index (χ4n) is 9.28. The van der Waals surface area contributed by atoms with Gasteiger partial charge in [-0.15, -0.1) is 0 Å². The molecule has 5 aromatic rings. The number of fused-ring (bicyclic) bond motifs is 4. The van der Waals surface area contributed by atoms with Crippen LogP contribution < -0.4 is 27.0 Å². The van der Waals surface area contributed by atoms with Crippen LogP contribution in [0.1, 0.15) is 67.5 Å². The van der Waals surface area contributed by atoms with Gasteiger partial charge >= 0.3 is 5.69 Å². The number of carbonyl (C=O) groups excluding carboxylic acids is 1. The van der Waals surface area contributed by atoms with Crippen molar-refractivity contribution in [2.45, 2.75) is 64.8 Å². The van der Waals surface area contributed by atoms with E-state index in [0.717, 1.165) is 90.4 Å². The van der Waals surface area contributed by atoms with Crippen LogP contribution in [0.25, 0.3) is 33.4 Å². The lowest BCUT2D eigenvalue weighted by atomic mass is 9.80. The van der Waals surface area contributed by atoms with Crippen LogP contribution in [-0.2, 0) is 31.9 Å². The maximum absolute atomic E-state index is 14.0. The number of anilines is 2. The Morgan fingerprint density at radius 3 is 2.43 bits per heavy atom. The Balaban J connectivity index is 1.10. The number of primary amides is 1. The number of halogens is 3. The number of hydrogen-bond acceptors (Lipinski definition) is 9. The summed E-state index contributed by atoms with van der Waals surface area (Å²) in [6, 6.07) is 13.2. The van der Waals surface area contributed by atoms with Crippen LogP contribution >= 0.6 is 11.6 Å². The van der Waals surface area contributed by atoms with Gasteiger partial charge in [-0.25, -0.2) is 28.5 Å². The number of amides is 1. The fraction of sp³-hybridized carbons (Fsp3) is 0.415. The number of carbonyl (C=O) groups is 1. The highest BCUT2D eigenvalue weighted by atomic mass is 35.5. The van der Waals surface area contributed by atoms with Crippen molar-refractivity contribution >= 4 is 40.0 Å². The molecule has 56 heavy (non-hydrogen) atoms. The topological polar surface area (TPSA) is 150 Å². The molecule has 12 nitrogen and oxygen atoms in total. The summed E-state index contributed by atoms with van der Waals surface area (Å²) in [5.74, 6) is -0.530. The van der Waals surface area contributed by atoms with Crippen molar-refractivity contribution in [1.82, 2.24) is 29.0 Å². The van der Waals surface area contributed by atoms with Crippen LogP contribution in [0.4, 0.5) is 20.3 Å². The number of aromatic nitrogens is 5. The summed E-state index contributed by atoms with van der Waals surface area (Å²) in [6.45, 7) is 4.42. The average molecular weight is 785 g/mol. The molecule has 8 rings (SSSR count). The van der Waals surface area contributed by atoms with Gasteiger partial charge in [-0.1, -0.05) is 41.9 Å². The molecule has 3 aromatic heterocycles. The van der Waals surface area contributed by atoms with Crippen LogP contribution in [0.5, 0.6) is 5.88 Å². The van der Waals surface area contributed by atoms with E-state index in [9.17, 15) is 23.2 Å². The summed E-state index contributed by atoms with van der Waals surface area (Å²) in [6.07, 6.45) is 3.66. The summed E-state index contributed by atoms with van der Waals surface area (Å²) in [5.41, 5.74) is 10.4. The monoisotopic (exact) mass is 784 g/mol. The van der Waals surface area contributed by atoms with Gasteiger partial charge in [0.15, 0.2) is 11.5 Å². The van der Waals surface area contributed by atoms with E-state index in [1.54, 1.807) is 19.2 Å². The highest BCUT2D eigenvalue weighted by Crippen LogP contribution is 2.63. The van der Waals surface area contributed by atoms with Crippen LogP contribution in [0.3, 0.4) is 0 Å². The second kappa shape index (κ2) is 14.1. The van der Waals surface area contributed by atoms with Gasteiger partial charge < -0.3 is 15.8 Å². The molecule has 2 aliphatic carbocycles. The average Bonchev–Trinajstić information content (AvgIpc) is 3.77. The van der Waals surface area contributed by atoms with Crippen molar-refractivity contribution < 1.29 is 18.3 Å². The van der Waals surface area contributed by atoms with E-state index in [-0.39, 0.29) is 33.6 Å². The molecule has 2 fully saturated rings. The first kappa shape index (κ1) is 37.7. The lowest BCUT2D eigenvalue weighted by Crippen LogP contribution is -2.38. The van der Waals surface area contributed by atoms with Gasteiger partial charge in [0.25, 0.3) is 12.0 Å². The Kier molecular flexibility index (Phi) is 9.47. The quantitative estimate of drug-likeness (QED) is 0.160. The van der Waals surface area contributed by atoms with Gasteiger partial charge in [0, 0.05) is 55.0 Å². The van der Waals surface area contributed by atoms with Crippen molar-refractivity contribution in [3.63, 3.8) is 0 Å². The second-order valence-corrected chi connectivity index (χ2v) is 16.0. The van der Waals surface area contributed by atoms with Gasteiger partial charge in [-0.3, -0.25) is 23.6 Å². The summed E-state index contributed by atoms with van der Waals surface area (Å²) >= 11 is 7.24. The molecular weight excluding hydrogens is 742 g/mol. The number of methoxy groups -OCH3 is 1. The molecule has 0 saturated heterocycles. The Labute approximate surface area is 326 Å². The smallest absolute Gasteiger partial charge is 0.332 e. The van der Waals surface area contributed by atoms with Crippen molar-refractivity contribution in [2.24, 2.45) is 30.7 Å². The van der Waals surface area contributed by atoms with Crippen molar-refractivity contribution in [3.05, 3.63) is 90.8 Å². The number of alkyl halides is 2. The molecule has 0 spiro atoms. The van der Waals surface area contributed by atoms with E-state index in [4.69, 9.17) is 27.1 Å². The third-order valence-electron chi connectivity index (χ3n) is 12.6. The minimum atomic E-state index is -3.05. The molecule has 0 radical (unpaired) electrons. The van der Waals surface area contributed by atoms with Gasteiger partial charge in [0.05, 0.1) is 17.8 Å². The molecule has 1 aliphatic heterocycles. The molecule has 3 aliphatic rings. The molecule has 4 heterocycles. The van der Waals surface area contributed by atoms with Crippen LogP contribution in [0, 0.1) is 17.8 Å². The first-order valence-corrected chi connectivity index (χ1v) is 19.1. The van der Waals surface area contributed by atoms with E-state index in [0.29, 0.717) is 39.0 Å². The lowest BCUT2D eigenvalue weighted by molar-refractivity contribution is -0.127. The number of aryl methyl sites for hydroxylation is 1. The first-order valence-electron chi connectivity index (χ1n) is 18.8. The maximum atomic E-state index is 14.0. The number of hydrogen-bond donors (Lipinski definition) is 2. The van der Waals surface area contributed by atoms with Gasteiger partial charge in [0.1, 0.15) is 11.2 Å². The highest BCUT2D eigenvalue weighted by molar-refractivity contribution is 6.36. The zero-order chi connectivity index (χ0) is 39.7. The van der Waals surface area contributed by atoms with E-state index in [1.165, 1.54) is 14.1 Å². The molecule has 0 unspecified atom stereocenters. The molecule has 292 valence electrons. The lowest BCUT2D eigenvalue weighted by Gasteiger charge is -2.33. The molecule has 15 heteroatoms. The summed E-state index contributed by atoms with van der Waals surface area (Å²) < 4.78 is 35.7. The fourth-order valence-corrected chi connectivity index (χ4v) is 9.61. The van der Waals surface area contributed by atoms with Crippen LogP contribution in [0.15, 0.2) is 52.1 Å². The van der Waals surface area contributed by atoms with Gasteiger partial charge in [-0.05, 0) is 92.7 Å². The number of benzene rings is 2. The predicted molar refractivity (Wildman–Crippen MR) is 210 cm³/mol. The number of pyridine rings is 1. The zero-order valence-corrected chi connectivity index (χ0v) is 32.5. The predicted octanol–water partition coefficient (Wildman–Crippen LogP) is 6.59. The Hall–Kier alpha value is -5.21. The molecule has 3 N–H and O–H groups in total. The minimum absolute atomic E-state index is 0.100. The molecule has 0 atom stereocenters. The second-order valence-electron chi connectivity index (χ2n) is 15.7. The number of nitrogens with one attached hydrogen (secondary N) is 1.